The van der Waals surface area contributed by atoms with Gasteiger partial charge in [-0.2, -0.15) is 0 Å². The van der Waals surface area contributed by atoms with E-state index in [1.807, 2.05) is 54.6 Å². The summed E-state index contributed by atoms with van der Waals surface area (Å²) in [5.41, 5.74) is 11.5. The number of aromatic carboxylic acids is 1. The summed E-state index contributed by atoms with van der Waals surface area (Å²) in [5.74, 6) is -1.08. The van der Waals surface area contributed by atoms with E-state index in [1.165, 1.54) is 0 Å². The van der Waals surface area contributed by atoms with Crippen LogP contribution in [-0.4, -0.2) is 17.0 Å². The van der Waals surface area contributed by atoms with Crippen LogP contribution in [-0.2, 0) is 11.3 Å². The van der Waals surface area contributed by atoms with Crippen LogP contribution in [0.15, 0.2) is 72.8 Å². The van der Waals surface area contributed by atoms with Gasteiger partial charge in [0, 0.05) is 11.3 Å². The number of carbonyl (C=O) groups excluding carboxylic acids is 1. The van der Waals surface area contributed by atoms with Gasteiger partial charge in [0.05, 0.1) is 23.4 Å². The van der Waals surface area contributed by atoms with Gasteiger partial charge in [-0.15, -0.1) is 0 Å². The molecule has 0 fully saturated rings. The van der Waals surface area contributed by atoms with E-state index >= 15 is 0 Å². The number of amides is 1. The molecule has 1 amide bonds. The smallest absolute Gasteiger partial charge is 0.335 e. The fourth-order valence-corrected chi connectivity index (χ4v) is 4.27. The summed E-state index contributed by atoms with van der Waals surface area (Å²) in [4.78, 5) is 27.0. The highest BCUT2D eigenvalue weighted by molar-refractivity contribution is 6.38. The van der Waals surface area contributed by atoms with Crippen LogP contribution in [0.5, 0.6) is 0 Å². The van der Waals surface area contributed by atoms with E-state index in [0.717, 1.165) is 28.0 Å². The first-order valence-corrected chi connectivity index (χ1v) is 10.5. The summed E-state index contributed by atoms with van der Waals surface area (Å²) in [6, 6.07) is 22.1. The lowest BCUT2D eigenvalue weighted by atomic mass is 9.78. The van der Waals surface area contributed by atoms with Crippen molar-refractivity contribution < 1.29 is 14.7 Å². The number of carbonyl (C=O) groups is 2. The number of allylic oxidation sites excluding steroid dienone is 1. The van der Waals surface area contributed by atoms with Crippen LogP contribution in [0.3, 0.4) is 0 Å². The highest BCUT2D eigenvalue weighted by atomic mass is 16.4. The lowest BCUT2D eigenvalue weighted by Crippen LogP contribution is -2.27. The molecule has 162 valence electrons. The number of nitrogens with zero attached hydrogens (tertiary/aromatic N) is 1. The Kier molecular flexibility index (Phi) is 5.35. The Balaban J connectivity index is 1.87. The standard InChI is InChI=1S/C27H26N2O3/c1-27(2,3)24(18-11-13-20(28)14-12-18)23-21-9-4-5-10-22(21)29(25(23)30)16-17-7-6-8-19(15-17)26(31)32/h4-15H,16,28H2,1-3H3,(H,31,32). The number of rotatable bonds is 4. The molecule has 0 unspecified atom stereocenters. The zero-order valence-electron chi connectivity index (χ0n) is 18.4. The van der Waals surface area contributed by atoms with Gasteiger partial charge in [-0.25, -0.2) is 4.79 Å². The van der Waals surface area contributed by atoms with Crippen molar-refractivity contribution in [2.24, 2.45) is 5.41 Å². The topological polar surface area (TPSA) is 83.6 Å². The number of benzene rings is 3. The first kappa shape index (κ1) is 21.4. The molecule has 3 aromatic carbocycles. The third kappa shape index (κ3) is 3.89. The van der Waals surface area contributed by atoms with Gasteiger partial charge < -0.3 is 15.7 Å². The highest BCUT2D eigenvalue weighted by Gasteiger charge is 2.37. The fraction of sp³-hybridized carbons (Fsp3) is 0.185. The Morgan fingerprint density at radius 1 is 0.938 bits per heavy atom. The second kappa shape index (κ2) is 8.00. The molecular weight excluding hydrogens is 400 g/mol. The zero-order valence-corrected chi connectivity index (χ0v) is 18.4. The van der Waals surface area contributed by atoms with Crippen molar-refractivity contribution in [2.45, 2.75) is 27.3 Å². The van der Waals surface area contributed by atoms with Gasteiger partial charge in [0.2, 0.25) is 0 Å². The van der Waals surface area contributed by atoms with Crippen LogP contribution in [0.25, 0.3) is 11.1 Å². The molecule has 1 aliphatic rings. The summed E-state index contributed by atoms with van der Waals surface area (Å²) in [7, 11) is 0. The minimum absolute atomic E-state index is 0.0892. The Labute approximate surface area is 187 Å². The molecule has 0 aromatic heterocycles. The van der Waals surface area contributed by atoms with Crippen molar-refractivity contribution in [3.05, 3.63) is 95.1 Å². The van der Waals surface area contributed by atoms with Gasteiger partial charge in [-0.1, -0.05) is 63.2 Å². The van der Waals surface area contributed by atoms with E-state index in [1.54, 1.807) is 23.1 Å². The minimum Gasteiger partial charge on any atom is -0.478 e. The number of carboxylic acids is 1. The molecule has 32 heavy (non-hydrogen) atoms. The van der Waals surface area contributed by atoms with Crippen molar-refractivity contribution in [3.63, 3.8) is 0 Å². The minimum atomic E-state index is -0.987. The van der Waals surface area contributed by atoms with Gasteiger partial charge >= 0.3 is 5.97 Å². The molecule has 5 heteroatoms. The number of hydrogen-bond acceptors (Lipinski definition) is 3. The van der Waals surface area contributed by atoms with E-state index in [2.05, 4.69) is 20.8 Å². The predicted molar refractivity (Wildman–Crippen MR) is 128 cm³/mol. The summed E-state index contributed by atoms with van der Waals surface area (Å²) in [6.45, 7) is 6.58. The van der Waals surface area contributed by atoms with E-state index in [4.69, 9.17) is 5.73 Å². The van der Waals surface area contributed by atoms with Crippen molar-refractivity contribution in [1.82, 2.24) is 0 Å². The predicted octanol–water partition coefficient (Wildman–Crippen LogP) is 5.47. The normalized spacial score (nSPS) is 15.0. The molecule has 3 N–H and O–H groups in total. The number of anilines is 2. The lowest BCUT2D eigenvalue weighted by molar-refractivity contribution is -0.113. The monoisotopic (exact) mass is 426 g/mol. The molecule has 0 atom stereocenters. The third-order valence-electron chi connectivity index (χ3n) is 5.64. The second-order valence-electron chi connectivity index (χ2n) is 9.04. The van der Waals surface area contributed by atoms with E-state index in [9.17, 15) is 14.7 Å². The first-order valence-electron chi connectivity index (χ1n) is 10.5. The maximum Gasteiger partial charge on any atom is 0.335 e. The van der Waals surface area contributed by atoms with Crippen LogP contribution in [0.1, 0.15) is 47.8 Å². The number of hydrogen-bond donors (Lipinski definition) is 2. The summed E-state index contributed by atoms with van der Waals surface area (Å²) >= 11 is 0. The molecule has 0 aliphatic carbocycles. The SMILES string of the molecule is CC(C)(C)C(=C1C(=O)N(Cc2cccc(C(=O)O)c2)c2ccccc21)c1ccc(N)cc1. The van der Waals surface area contributed by atoms with Gasteiger partial charge in [-0.05, 0) is 52.4 Å². The summed E-state index contributed by atoms with van der Waals surface area (Å²) < 4.78 is 0. The van der Waals surface area contributed by atoms with Gasteiger partial charge in [0.25, 0.3) is 5.91 Å². The molecule has 0 saturated heterocycles. The molecule has 1 heterocycles. The molecular formula is C27H26N2O3. The molecule has 4 rings (SSSR count). The van der Waals surface area contributed by atoms with Gasteiger partial charge in [0.1, 0.15) is 0 Å². The first-order chi connectivity index (χ1) is 15.2. The average molecular weight is 427 g/mol. The fourth-order valence-electron chi connectivity index (χ4n) is 4.27. The number of fused-ring (bicyclic) bond motifs is 1. The number of nitrogen functional groups attached to an aromatic ring is 1. The van der Waals surface area contributed by atoms with Gasteiger partial charge in [0.15, 0.2) is 0 Å². The van der Waals surface area contributed by atoms with E-state index < -0.39 is 5.97 Å². The van der Waals surface area contributed by atoms with Crippen LogP contribution in [0.2, 0.25) is 0 Å². The second-order valence-corrected chi connectivity index (χ2v) is 9.04. The molecule has 0 radical (unpaired) electrons. The van der Waals surface area contributed by atoms with Crippen molar-refractivity contribution in [2.75, 3.05) is 10.6 Å². The molecule has 5 nitrogen and oxygen atoms in total. The summed E-state index contributed by atoms with van der Waals surface area (Å²) in [6.07, 6.45) is 0. The van der Waals surface area contributed by atoms with Crippen molar-refractivity contribution in [1.29, 1.82) is 0 Å². The number of nitrogens with two attached hydrogens (primary N) is 1. The molecule has 0 spiro atoms. The quantitative estimate of drug-likeness (QED) is 0.428. The van der Waals surface area contributed by atoms with E-state index in [0.29, 0.717) is 17.8 Å². The van der Waals surface area contributed by atoms with E-state index in [-0.39, 0.29) is 16.9 Å². The van der Waals surface area contributed by atoms with Crippen molar-refractivity contribution in [3.8, 4) is 0 Å². The molecule has 3 aromatic rings. The average Bonchev–Trinajstić information content (AvgIpc) is 3.01. The van der Waals surface area contributed by atoms with Crippen molar-refractivity contribution >= 4 is 34.4 Å². The molecule has 1 aliphatic heterocycles. The number of carboxylic acid groups (broad SMARTS) is 1. The zero-order chi connectivity index (χ0) is 23.0. The maximum atomic E-state index is 13.8. The Morgan fingerprint density at radius 2 is 1.62 bits per heavy atom. The Hall–Kier alpha value is -3.86. The Morgan fingerprint density at radius 3 is 2.28 bits per heavy atom. The van der Waals surface area contributed by atoms with Crippen LogP contribution in [0.4, 0.5) is 11.4 Å². The maximum absolute atomic E-state index is 13.8. The molecule has 0 bridgehead atoms. The Bertz CT molecular complexity index is 1230. The van der Waals surface area contributed by atoms with Gasteiger partial charge in [-0.3, -0.25) is 4.79 Å². The third-order valence-corrected chi connectivity index (χ3v) is 5.64. The highest BCUT2D eigenvalue weighted by Crippen LogP contribution is 2.47. The largest absolute Gasteiger partial charge is 0.478 e. The number of para-hydroxylation sites is 1. The lowest BCUT2D eigenvalue weighted by Gasteiger charge is -2.26. The summed E-state index contributed by atoms with van der Waals surface area (Å²) in [5, 5.41) is 9.33. The molecule has 0 saturated carbocycles. The van der Waals surface area contributed by atoms with Crippen LogP contribution < -0.4 is 10.6 Å². The van der Waals surface area contributed by atoms with Crippen LogP contribution >= 0.6 is 0 Å². The van der Waals surface area contributed by atoms with Crippen LogP contribution in [0, 0.1) is 5.41 Å².